The average molecular weight is 396 g/mol. The largest absolute Gasteiger partial charge is 0.384 e. The maximum atomic E-state index is 11.4. The third-order valence-corrected chi connectivity index (χ3v) is 5.99. The third kappa shape index (κ3) is 4.52. The van der Waals surface area contributed by atoms with E-state index in [1.807, 2.05) is 0 Å². The highest BCUT2D eigenvalue weighted by atomic mass is 16.6. The summed E-state index contributed by atoms with van der Waals surface area (Å²) in [5, 5.41) is 18.1. The van der Waals surface area contributed by atoms with Crippen molar-refractivity contribution >= 4 is 17.1 Å². The minimum atomic E-state index is -0.303. The van der Waals surface area contributed by atoms with Crippen LogP contribution in [0.2, 0.25) is 0 Å². The van der Waals surface area contributed by atoms with E-state index < -0.39 is 0 Å². The fourth-order valence-corrected chi connectivity index (χ4v) is 4.21. The Morgan fingerprint density at radius 1 is 1.03 bits per heavy atom. The molecule has 2 aliphatic heterocycles. The van der Waals surface area contributed by atoms with Gasteiger partial charge in [0.25, 0.3) is 5.69 Å². The van der Waals surface area contributed by atoms with E-state index in [2.05, 4.69) is 51.6 Å². The van der Waals surface area contributed by atoms with Gasteiger partial charge in [-0.25, -0.2) is 0 Å². The number of nitrogens with one attached hydrogen (secondary N) is 2. The summed E-state index contributed by atoms with van der Waals surface area (Å²) in [5.74, 6) is 0. The minimum absolute atomic E-state index is 0.148. The van der Waals surface area contributed by atoms with Crippen molar-refractivity contribution < 1.29 is 4.92 Å². The van der Waals surface area contributed by atoms with Crippen molar-refractivity contribution in [1.82, 2.24) is 9.80 Å². The second-order valence-corrected chi connectivity index (χ2v) is 7.80. The zero-order valence-corrected chi connectivity index (χ0v) is 17.0. The summed E-state index contributed by atoms with van der Waals surface area (Å²) in [6, 6.07) is 12.0. The van der Waals surface area contributed by atoms with Crippen LogP contribution >= 0.6 is 0 Å². The van der Waals surface area contributed by atoms with Gasteiger partial charge in [-0.2, -0.15) is 0 Å². The molecule has 4 rings (SSSR count). The van der Waals surface area contributed by atoms with Gasteiger partial charge in [0.1, 0.15) is 5.69 Å². The Morgan fingerprint density at radius 2 is 1.72 bits per heavy atom. The van der Waals surface area contributed by atoms with Gasteiger partial charge in [-0.05, 0) is 30.2 Å². The van der Waals surface area contributed by atoms with E-state index >= 15 is 0 Å². The molecule has 0 radical (unpaired) electrons. The molecule has 154 valence electrons. The Balaban J connectivity index is 1.38. The standard InChI is InChI=1S/C22H29N5O2/c1-2-25-11-13-26(14-12-25)16-18-5-3-17(4-6-18)15-24-22-19-9-10-23-20(19)7-8-21(22)27(28)29/h3-8,23-24H,2,9-16H2,1H3. The SMILES string of the molecule is CCN1CCN(Cc2ccc(CNc3c([N+](=O)[O-])ccc4c3CCN4)cc2)CC1. The van der Waals surface area contributed by atoms with Crippen LogP contribution in [0.4, 0.5) is 17.1 Å². The molecule has 0 unspecified atom stereocenters. The molecular weight excluding hydrogens is 366 g/mol. The molecule has 0 spiro atoms. The summed E-state index contributed by atoms with van der Waals surface area (Å²) in [7, 11) is 0. The maximum Gasteiger partial charge on any atom is 0.292 e. The van der Waals surface area contributed by atoms with Gasteiger partial charge in [-0.3, -0.25) is 15.0 Å². The van der Waals surface area contributed by atoms with Gasteiger partial charge in [-0.15, -0.1) is 0 Å². The highest BCUT2D eigenvalue weighted by molar-refractivity contribution is 5.77. The van der Waals surface area contributed by atoms with Crippen LogP contribution in [0.5, 0.6) is 0 Å². The number of benzene rings is 2. The van der Waals surface area contributed by atoms with Crippen LogP contribution in [0.25, 0.3) is 0 Å². The number of fused-ring (bicyclic) bond motifs is 1. The molecule has 2 N–H and O–H groups in total. The minimum Gasteiger partial charge on any atom is -0.384 e. The predicted octanol–water partition coefficient (Wildman–Crippen LogP) is 3.31. The maximum absolute atomic E-state index is 11.4. The van der Waals surface area contributed by atoms with Crippen molar-refractivity contribution in [3.8, 4) is 0 Å². The van der Waals surface area contributed by atoms with E-state index in [0.29, 0.717) is 12.2 Å². The lowest BCUT2D eigenvalue weighted by atomic mass is 10.1. The van der Waals surface area contributed by atoms with Gasteiger partial charge in [-0.1, -0.05) is 31.2 Å². The van der Waals surface area contributed by atoms with Crippen LogP contribution in [0.3, 0.4) is 0 Å². The monoisotopic (exact) mass is 395 g/mol. The summed E-state index contributed by atoms with van der Waals surface area (Å²) in [4.78, 5) is 16.1. The molecule has 0 bridgehead atoms. The van der Waals surface area contributed by atoms with Gasteiger partial charge in [0, 0.05) is 63.1 Å². The van der Waals surface area contributed by atoms with Gasteiger partial charge >= 0.3 is 0 Å². The summed E-state index contributed by atoms with van der Waals surface area (Å²) in [6.07, 6.45) is 0.809. The summed E-state index contributed by atoms with van der Waals surface area (Å²) >= 11 is 0. The van der Waals surface area contributed by atoms with Crippen molar-refractivity contribution in [2.75, 3.05) is 49.9 Å². The molecule has 0 saturated carbocycles. The van der Waals surface area contributed by atoms with Crippen LogP contribution in [0.1, 0.15) is 23.6 Å². The average Bonchev–Trinajstić information content (AvgIpc) is 3.22. The van der Waals surface area contributed by atoms with Crippen molar-refractivity contribution in [2.24, 2.45) is 0 Å². The van der Waals surface area contributed by atoms with Crippen LogP contribution in [0, 0.1) is 10.1 Å². The third-order valence-electron chi connectivity index (χ3n) is 5.99. The first kappa shape index (κ1) is 19.7. The van der Waals surface area contributed by atoms with Crippen molar-refractivity contribution in [2.45, 2.75) is 26.4 Å². The predicted molar refractivity (Wildman–Crippen MR) is 116 cm³/mol. The van der Waals surface area contributed by atoms with Crippen molar-refractivity contribution in [3.63, 3.8) is 0 Å². The lowest BCUT2D eigenvalue weighted by Crippen LogP contribution is -2.45. The number of nitro groups is 1. The molecule has 7 heteroatoms. The topological polar surface area (TPSA) is 73.7 Å². The first-order valence-corrected chi connectivity index (χ1v) is 10.4. The van der Waals surface area contributed by atoms with E-state index in [1.54, 1.807) is 12.1 Å². The highest BCUT2D eigenvalue weighted by Gasteiger charge is 2.23. The van der Waals surface area contributed by atoms with Gasteiger partial charge in [0.05, 0.1) is 4.92 Å². The molecule has 2 aromatic rings. The van der Waals surface area contributed by atoms with Gasteiger partial charge < -0.3 is 15.5 Å². The Bertz CT molecular complexity index is 860. The Labute approximate surface area is 171 Å². The molecule has 0 atom stereocenters. The fourth-order valence-electron chi connectivity index (χ4n) is 4.21. The second kappa shape index (κ2) is 8.80. The normalized spacial score (nSPS) is 17.0. The fraction of sp³-hybridized carbons (Fsp3) is 0.455. The number of likely N-dealkylation sites (N-methyl/N-ethyl adjacent to an activating group) is 1. The zero-order chi connectivity index (χ0) is 20.2. The number of anilines is 2. The second-order valence-electron chi connectivity index (χ2n) is 7.80. The Kier molecular flexibility index (Phi) is 5.97. The van der Waals surface area contributed by atoms with Gasteiger partial charge in [0.15, 0.2) is 0 Å². The van der Waals surface area contributed by atoms with E-state index in [4.69, 9.17) is 0 Å². The van der Waals surface area contributed by atoms with Crippen LogP contribution in [0.15, 0.2) is 36.4 Å². The number of nitro benzene ring substituents is 1. The molecular formula is C22H29N5O2. The molecule has 0 amide bonds. The summed E-state index contributed by atoms with van der Waals surface area (Å²) < 4.78 is 0. The highest BCUT2D eigenvalue weighted by Crippen LogP contribution is 2.37. The molecule has 1 saturated heterocycles. The Morgan fingerprint density at radius 3 is 2.41 bits per heavy atom. The van der Waals surface area contributed by atoms with E-state index in [9.17, 15) is 10.1 Å². The molecule has 0 aliphatic carbocycles. The number of nitrogens with zero attached hydrogens (tertiary/aromatic N) is 3. The lowest BCUT2D eigenvalue weighted by Gasteiger charge is -2.34. The van der Waals surface area contributed by atoms with Crippen LogP contribution < -0.4 is 10.6 Å². The van der Waals surface area contributed by atoms with Crippen LogP contribution in [-0.4, -0.2) is 54.0 Å². The number of hydrogen-bond donors (Lipinski definition) is 2. The summed E-state index contributed by atoms with van der Waals surface area (Å²) in [5.41, 5.74) is 5.25. The van der Waals surface area contributed by atoms with Crippen molar-refractivity contribution in [1.29, 1.82) is 0 Å². The molecule has 2 heterocycles. The van der Waals surface area contributed by atoms with E-state index in [-0.39, 0.29) is 10.6 Å². The van der Waals surface area contributed by atoms with Gasteiger partial charge in [0.2, 0.25) is 0 Å². The van der Waals surface area contributed by atoms with Crippen molar-refractivity contribution in [3.05, 3.63) is 63.2 Å². The molecule has 0 aromatic heterocycles. The number of hydrogen-bond acceptors (Lipinski definition) is 6. The zero-order valence-electron chi connectivity index (χ0n) is 17.0. The smallest absolute Gasteiger partial charge is 0.292 e. The molecule has 29 heavy (non-hydrogen) atoms. The Hall–Kier alpha value is -2.64. The van der Waals surface area contributed by atoms with E-state index in [1.165, 1.54) is 5.56 Å². The van der Waals surface area contributed by atoms with E-state index in [0.717, 1.165) is 69.0 Å². The number of piperazine rings is 1. The molecule has 2 aliphatic rings. The van der Waals surface area contributed by atoms with Crippen LogP contribution in [-0.2, 0) is 19.5 Å². The number of rotatable bonds is 7. The lowest BCUT2D eigenvalue weighted by molar-refractivity contribution is -0.384. The first-order valence-electron chi connectivity index (χ1n) is 10.4. The molecule has 1 fully saturated rings. The quantitative estimate of drug-likeness (QED) is 0.553. The molecule has 7 nitrogen and oxygen atoms in total. The first-order chi connectivity index (χ1) is 14.1. The molecule has 2 aromatic carbocycles. The summed E-state index contributed by atoms with van der Waals surface area (Å²) in [6.45, 7) is 10.3.